The Bertz CT molecular complexity index is 403. The van der Waals surface area contributed by atoms with Crippen molar-refractivity contribution < 1.29 is 9.47 Å². The maximum atomic E-state index is 6.20. The Kier molecular flexibility index (Phi) is 5.29. The van der Waals surface area contributed by atoms with Crippen LogP contribution in [0, 0.1) is 0 Å². The molecule has 1 atom stereocenters. The van der Waals surface area contributed by atoms with E-state index in [4.69, 9.17) is 26.8 Å². The van der Waals surface area contributed by atoms with Crippen LogP contribution in [0.25, 0.3) is 0 Å². The molecule has 1 rings (SSSR count). The van der Waals surface area contributed by atoms with Crippen molar-refractivity contribution in [3.8, 4) is 11.5 Å². The van der Waals surface area contributed by atoms with Gasteiger partial charge in [-0.05, 0) is 46.2 Å². The first kappa shape index (κ1) is 15.1. The van der Waals surface area contributed by atoms with Gasteiger partial charge in [-0.2, -0.15) is 0 Å². The third-order valence-electron chi connectivity index (χ3n) is 2.28. The Balaban J connectivity index is 3.18. The Morgan fingerprint density at radius 2 is 1.39 bits per heavy atom. The van der Waals surface area contributed by atoms with E-state index in [0.717, 1.165) is 5.56 Å². The highest BCUT2D eigenvalue weighted by Gasteiger charge is 2.15. The molecule has 2 N–H and O–H groups in total. The van der Waals surface area contributed by atoms with E-state index >= 15 is 0 Å². The van der Waals surface area contributed by atoms with Gasteiger partial charge in [0.05, 0.1) is 12.2 Å². The van der Waals surface area contributed by atoms with Crippen LogP contribution in [0.3, 0.4) is 0 Å². The van der Waals surface area contributed by atoms with E-state index in [1.165, 1.54) is 0 Å². The van der Waals surface area contributed by atoms with E-state index in [0.29, 0.717) is 16.5 Å². The normalized spacial score (nSPS) is 12.9. The summed E-state index contributed by atoms with van der Waals surface area (Å²) < 4.78 is 11.5. The molecule has 0 saturated carbocycles. The third-order valence-corrected chi connectivity index (χ3v) is 2.61. The lowest BCUT2D eigenvalue weighted by Crippen LogP contribution is -2.13. The van der Waals surface area contributed by atoms with Gasteiger partial charge in [-0.25, -0.2) is 0 Å². The van der Waals surface area contributed by atoms with Crippen LogP contribution in [0.4, 0.5) is 0 Å². The average molecular weight is 272 g/mol. The van der Waals surface area contributed by atoms with Gasteiger partial charge >= 0.3 is 0 Å². The Labute approximate surface area is 114 Å². The molecule has 0 amide bonds. The third kappa shape index (κ3) is 4.07. The molecule has 1 aromatic rings. The van der Waals surface area contributed by atoms with Crippen molar-refractivity contribution in [2.75, 3.05) is 0 Å². The predicted molar refractivity (Wildman–Crippen MR) is 75.6 cm³/mol. The Morgan fingerprint density at radius 1 is 0.944 bits per heavy atom. The van der Waals surface area contributed by atoms with Crippen molar-refractivity contribution in [3.05, 3.63) is 22.7 Å². The molecule has 0 aliphatic carbocycles. The van der Waals surface area contributed by atoms with Gasteiger partial charge in [-0.15, -0.1) is 0 Å². The number of benzene rings is 1. The summed E-state index contributed by atoms with van der Waals surface area (Å²) in [4.78, 5) is 0. The molecular weight excluding hydrogens is 250 g/mol. The fourth-order valence-corrected chi connectivity index (χ4v) is 1.92. The molecule has 1 aromatic carbocycles. The van der Waals surface area contributed by atoms with Crippen molar-refractivity contribution in [2.24, 2.45) is 5.73 Å². The maximum absolute atomic E-state index is 6.20. The van der Waals surface area contributed by atoms with Crippen molar-refractivity contribution in [3.63, 3.8) is 0 Å². The number of halogens is 1. The molecule has 1 unspecified atom stereocenters. The van der Waals surface area contributed by atoms with Gasteiger partial charge in [-0.1, -0.05) is 11.6 Å². The molecule has 0 bridgehead atoms. The van der Waals surface area contributed by atoms with Gasteiger partial charge in [-0.3, -0.25) is 0 Å². The largest absolute Gasteiger partial charge is 0.487 e. The minimum atomic E-state index is -0.139. The van der Waals surface area contributed by atoms with Gasteiger partial charge < -0.3 is 15.2 Å². The van der Waals surface area contributed by atoms with E-state index in [9.17, 15) is 0 Å². The van der Waals surface area contributed by atoms with E-state index in [1.54, 1.807) is 6.07 Å². The van der Waals surface area contributed by atoms with E-state index in [1.807, 2.05) is 40.7 Å². The van der Waals surface area contributed by atoms with E-state index < -0.39 is 0 Å². The molecular formula is C14H22ClNO2. The molecule has 0 aliphatic rings. The predicted octanol–water partition coefficient (Wildman–Crippen LogP) is 3.93. The summed E-state index contributed by atoms with van der Waals surface area (Å²) in [5.74, 6) is 1.35. The van der Waals surface area contributed by atoms with Crippen LogP contribution in [0.5, 0.6) is 11.5 Å². The second-order valence-electron chi connectivity index (χ2n) is 4.94. The molecule has 0 fully saturated rings. The summed E-state index contributed by atoms with van der Waals surface area (Å²) in [5, 5.41) is 0.608. The van der Waals surface area contributed by atoms with Crippen LogP contribution in [0.2, 0.25) is 5.02 Å². The molecule has 0 aliphatic heterocycles. The lowest BCUT2D eigenvalue weighted by molar-refractivity contribution is 0.198. The zero-order chi connectivity index (χ0) is 13.9. The summed E-state index contributed by atoms with van der Waals surface area (Å²) in [6.07, 6.45) is 0.137. The summed E-state index contributed by atoms with van der Waals surface area (Å²) in [7, 11) is 0. The van der Waals surface area contributed by atoms with Crippen LogP contribution in [0.1, 0.15) is 46.2 Å². The number of nitrogens with two attached hydrogens (primary N) is 1. The van der Waals surface area contributed by atoms with E-state index in [-0.39, 0.29) is 18.2 Å². The van der Waals surface area contributed by atoms with E-state index in [2.05, 4.69) is 0 Å². The fraction of sp³-hybridized carbons (Fsp3) is 0.571. The highest BCUT2D eigenvalue weighted by molar-refractivity contribution is 6.31. The van der Waals surface area contributed by atoms with Crippen LogP contribution in [-0.2, 0) is 0 Å². The van der Waals surface area contributed by atoms with Gasteiger partial charge in [0.1, 0.15) is 0 Å². The average Bonchev–Trinajstić information content (AvgIpc) is 2.19. The lowest BCUT2D eigenvalue weighted by atomic mass is 10.1. The zero-order valence-corrected chi connectivity index (χ0v) is 12.4. The Morgan fingerprint density at radius 3 is 1.78 bits per heavy atom. The van der Waals surface area contributed by atoms with Gasteiger partial charge in [0.2, 0.25) is 0 Å². The van der Waals surface area contributed by atoms with Gasteiger partial charge in [0.15, 0.2) is 11.5 Å². The minimum absolute atomic E-state index is 0.0664. The highest BCUT2D eigenvalue weighted by Crippen LogP contribution is 2.36. The molecule has 0 radical (unpaired) electrons. The van der Waals surface area contributed by atoms with Crippen LogP contribution in [0.15, 0.2) is 12.1 Å². The molecule has 0 aromatic heterocycles. The second-order valence-corrected chi connectivity index (χ2v) is 5.35. The molecule has 0 heterocycles. The monoisotopic (exact) mass is 271 g/mol. The molecule has 18 heavy (non-hydrogen) atoms. The quantitative estimate of drug-likeness (QED) is 0.882. The minimum Gasteiger partial charge on any atom is -0.487 e. The molecule has 0 spiro atoms. The van der Waals surface area contributed by atoms with Crippen molar-refractivity contribution in [1.29, 1.82) is 0 Å². The number of ether oxygens (including phenoxy) is 2. The zero-order valence-electron chi connectivity index (χ0n) is 11.7. The number of hydrogen-bond donors (Lipinski definition) is 1. The first-order chi connectivity index (χ1) is 8.31. The molecule has 102 valence electrons. The van der Waals surface area contributed by atoms with Crippen LogP contribution in [-0.4, -0.2) is 12.2 Å². The fourth-order valence-electron chi connectivity index (χ4n) is 1.59. The highest BCUT2D eigenvalue weighted by atomic mass is 35.5. The summed E-state index contributed by atoms with van der Waals surface area (Å²) >= 11 is 6.20. The van der Waals surface area contributed by atoms with Crippen LogP contribution < -0.4 is 15.2 Å². The first-order valence-corrected chi connectivity index (χ1v) is 6.61. The lowest BCUT2D eigenvalue weighted by Gasteiger charge is -2.19. The number of rotatable bonds is 5. The standard InChI is InChI=1S/C14H22ClNO2/c1-8(2)17-13-6-11(10(5)16)12(15)7-14(13)18-9(3)4/h6-10H,16H2,1-5H3. The summed E-state index contributed by atoms with van der Waals surface area (Å²) in [6.45, 7) is 9.76. The smallest absolute Gasteiger partial charge is 0.163 e. The second kappa shape index (κ2) is 6.30. The van der Waals surface area contributed by atoms with Gasteiger partial charge in [0.25, 0.3) is 0 Å². The van der Waals surface area contributed by atoms with Crippen molar-refractivity contribution in [1.82, 2.24) is 0 Å². The van der Waals surface area contributed by atoms with Crippen LogP contribution >= 0.6 is 11.6 Å². The van der Waals surface area contributed by atoms with Crippen molar-refractivity contribution >= 4 is 11.6 Å². The van der Waals surface area contributed by atoms with Gasteiger partial charge in [0, 0.05) is 17.1 Å². The molecule has 3 nitrogen and oxygen atoms in total. The Hall–Kier alpha value is -0.930. The molecule has 4 heteroatoms. The summed E-state index contributed by atoms with van der Waals surface area (Å²) in [5.41, 5.74) is 6.75. The SMILES string of the molecule is CC(C)Oc1cc(Cl)c(C(C)N)cc1OC(C)C. The van der Waals surface area contributed by atoms with Crippen molar-refractivity contribution in [2.45, 2.75) is 52.9 Å². The number of hydrogen-bond acceptors (Lipinski definition) is 3. The maximum Gasteiger partial charge on any atom is 0.163 e. The molecule has 0 saturated heterocycles. The first-order valence-electron chi connectivity index (χ1n) is 6.23. The topological polar surface area (TPSA) is 44.5 Å². The summed E-state index contributed by atoms with van der Waals surface area (Å²) in [6, 6.07) is 3.50.